The van der Waals surface area contributed by atoms with Gasteiger partial charge in [0.15, 0.2) is 10.7 Å². The van der Waals surface area contributed by atoms with Crippen LogP contribution in [-0.4, -0.2) is 36.9 Å². The Balaban J connectivity index is 1.42. The van der Waals surface area contributed by atoms with Gasteiger partial charge in [-0.3, -0.25) is 4.79 Å². The van der Waals surface area contributed by atoms with Gasteiger partial charge in [-0.05, 0) is 43.5 Å². The maximum atomic E-state index is 13.9. The number of piperidine rings is 1. The Bertz CT molecular complexity index is 1280. The molecule has 1 aromatic heterocycles. The zero-order valence-corrected chi connectivity index (χ0v) is 19.6. The van der Waals surface area contributed by atoms with E-state index in [4.69, 9.17) is 4.52 Å². The Morgan fingerprint density at radius 1 is 1.12 bits per heavy atom. The SMILES string of the molecule is Cc1noc(C=Cc2ccccc2F)c1S(=O)(=O)N1CCC(C(=O)NCc2ccccc2)CC1. The molecule has 1 aliphatic heterocycles. The number of aryl methyl sites for hydroxylation is 1. The van der Waals surface area contributed by atoms with E-state index >= 15 is 0 Å². The standard InChI is InChI=1S/C25H26FN3O4S/c1-18-24(23(33-28-18)12-11-20-9-5-6-10-22(20)26)34(31,32)29-15-13-21(14-16-29)25(30)27-17-19-7-3-2-4-8-19/h2-12,21H,13-17H2,1H3,(H,27,30). The minimum Gasteiger partial charge on any atom is -0.355 e. The van der Waals surface area contributed by atoms with Gasteiger partial charge in [-0.2, -0.15) is 4.31 Å². The zero-order valence-electron chi connectivity index (χ0n) is 18.8. The van der Waals surface area contributed by atoms with Crippen molar-refractivity contribution in [2.75, 3.05) is 13.1 Å². The molecule has 1 amide bonds. The van der Waals surface area contributed by atoms with Crippen LogP contribution in [0.15, 0.2) is 64.0 Å². The summed E-state index contributed by atoms with van der Waals surface area (Å²) in [7, 11) is -3.90. The second-order valence-electron chi connectivity index (χ2n) is 8.20. The Labute approximate surface area is 198 Å². The molecule has 0 atom stereocenters. The molecule has 7 nitrogen and oxygen atoms in total. The van der Waals surface area contributed by atoms with Gasteiger partial charge in [0.05, 0.1) is 0 Å². The van der Waals surface area contributed by atoms with E-state index in [1.165, 1.54) is 22.5 Å². The smallest absolute Gasteiger partial charge is 0.248 e. The number of rotatable bonds is 7. The number of hydrogen-bond donors (Lipinski definition) is 1. The van der Waals surface area contributed by atoms with Gasteiger partial charge in [-0.25, -0.2) is 12.8 Å². The number of amides is 1. The molecule has 0 unspecified atom stereocenters. The van der Waals surface area contributed by atoms with Crippen LogP contribution >= 0.6 is 0 Å². The molecule has 1 saturated heterocycles. The van der Waals surface area contributed by atoms with Gasteiger partial charge in [-0.1, -0.05) is 53.7 Å². The van der Waals surface area contributed by atoms with E-state index in [9.17, 15) is 17.6 Å². The second-order valence-corrected chi connectivity index (χ2v) is 10.1. The third-order valence-electron chi connectivity index (χ3n) is 5.88. The number of aromatic nitrogens is 1. The molecule has 1 fully saturated rings. The van der Waals surface area contributed by atoms with Gasteiger partial charge in [0, 0.05) is 31.1 Å². The van der Waals surface area contributed by atoms with E-state index in [2.05, 4.69) is 10.5 Å². The van der Waals surface area contributed by atoms with Crippen LogP contribution < -0.4 is 5.32 Å². The summed E-state index contributed by atoms with van der Waals surface area (Å²) < 4.78 is 47.3. The van der Waals surface area contributed by atoms with Crippen molar-refractivity contribution in [2.45, 2.75) is 31.2 Å². The molecule has 2 heterocycles. The molecule has 1 aliphatic rings. The largest absolute Gasteiger partial charge is 0.355 e. The highest BCUT2D eigenvalue weighted by Crippen LogP contribution is 2.29. The fourth-order valence-electron chi connectivity index (χ4n) is 3.99. The molecule has 1 N–H and O–H groups in total. The van der Waals surface area contributed by atoms with Crippen LogP contribution in [-0.2, 0) is 21.4 Å². The lowest BCUT2D eigenvalue weighted by Crippen LogP contribution is -2.43. The maximum absolute atomic E-state index is 13.9. The molecular formula is C25H26FN3O4S. The molecule has 0 saturated carbocycles. The van der Waals surface area contributed by atoms with Crippen molar-refractivity contribution >= 4 is 28.1 Å². The van der Waals surface area contributed by atoms with Gasteiger partial charge in [-0.15, -0.1) is 0 Å². The van der Waals surface area contributed by atoms with Crippen LogP contribution in [0.1, 0.15) is 35.4 Å². The number of sulfonamides is 1. The van der Waals surface area contributed by atoms with Crippen molar-refractivity contribution in [1.29, 1.82) is 0 Å². The van der Waals surface area contributed by atoms with E-state index in [0.717, 1.165) is 5.56 Å². The first-order chi connectivity index (χ1) is 16.4. The molecule has 0 bridgehead atoms. The predicted octanol–water partition coefficient (Wildman–Crippen LogP) is 4.01. The van der Waals surface area contributed by atoms with Gasteiger partial charge in [0.25, 0.3) is 0 Å². The fraction of sp³-hybridized carbons (Fsp3) is 0.280. The van der Waals surface area contributed by atoms with Gasteiger partial charge < -0.3 is 9.84 Å². The number of benzene rings is 2. The summed E-state index contributed by atoms with van der Waals surface area (Å²) in [5.74, 6) is -0.704. The lowest BCUT2D eigenvalue weighted by molar-refractivity contribution is -0.126. The molecule has 0 spiro atoms. The van der Waals surface area contributed by atoms with Gasteiger partial charge in [0.2, 0.25) is 15.9 Å². The zero-order chi connectivity index (χ0) is 24.1. The van der Waals surface area contributed by atoms with Crippen molar-refractivity contribution in [3.8, 4) is 0 Å². The Hall–Kier alpha value is -3.30. The van der Waals surface area contributed by atoms with E-state index in [1.807, 2.05) is 30.3 Å². The second kappa shape index (κ2) is 10.3. The first-order valence-corrected chi connectivity index (χ1v) is 12.5. The van der Waals surface area contributed by atoms with Gasteiger partial charge >= 0.3 is 0 Å². The third kappa shape index (κ3) is 5.26. The number of halogens is 1. The van der Waals surface area contributed by atoms with Crippen LogP contribution in [0.5, 0.6) is 0 Å². The highest BCUT2D eigenvalue weighted by molar-refractivity contribution is 7.89. The summed E-state index contributed by atoms with van der Waals surface area (Å²) in [4.78, 5) is 12.5. The van der Waals surface area contributed by atoms with Crippen molar-refractivity contribution in [1.82, 2.24) is 14.8 Å². The Morgan fingerprint density at radius 2 is 1.79 bits per heavy atom. The van der Waals surface area contributed by atoms with Crippen LogP contribution in [0.4, 0.5) is 4.39 Å². The van der Waals surface area contributed by atoms with E-state index in [-0.39, 0.29) is 41.3 Å². The molecule has 0 aliphatic carbocycles. The third-order valence-corrected chi connectivity index (χ3v) is 7.94. The van der Waals surface area contributed by atoms with Crippen molar-refractivity contribution in [3.05, 3.63) is 83.0 Å². The highest BCUT2D eigenvalue weighted by atomic mass is 32.2. The van der Waals surface area contributed by atoms with Crippen molar-refractivity contribution < 1.29 is 22.1 Å². The van der Waals surface area contributed by atoms with Crippen LogP contribution in [0.3, 0.4) is 0 Å². The Kier molecular flexibility index (Phi) is 7.23. The minimum absolute atomic E-state index is 0.0351. The Morgan fingerprint density at radius 3 is 2.50 bits per heavy atom. The summed E-state index contributed by atoms with van der Waals surface area (Å²) in [6, 6.07) is 15.8. The highest BCUT2D eigenvalue weighted by Gasteiger charge is 2.35. The van der Waals surface area contributed by atoms with Gasteiger partial charge in [0.1, 0.15) is 11.5 Å². The molecule has 0 radical (unpaired) electrons. The molecule has 34 heavy (non-hydrogen) atoms. The summed E-state index contributed by atoms with van der Waals surface area (Å²) >= 11 is 0. The van der Waals surface area contributed by atoms with Crippen LogP contribution in [0, 0.1) is 18.7 Å². The molecule has 4 rings (SSSR count). The van der Waals surface area contributed by atoms with Crippen LogP contribution in [0.25, 0.3) is 12.2 Å². The number of hydrogen-bond acceptors (Lipinski definition) is 5. The normalized spacial score (nSPS) is 15.6. The summed E-state index contributed by atoms with van der Waals surface area (Å²) in [5, 5.41) is 6.75. The lowest BCUT2D eigenvalue weighted by atomic mass is 9.97. The lowest BCUT2D eigenvalue weighted by Gasteiger charge is -2.30. The maximum Gasteiger partial charge on any atom is 0.248 e. The first kappa shape index (κ1) is 23.8. The molecule has 2 aromatic carbocycles. The average molecular weight is 484 g/mol. The van der Waals surface area contributed by atoms with E-state index in [0.29, 0.717) is 24.9 Å². The average Bonchev–Trinajstić information content (AvgIpc) is 3.23. The molecule has 9 heteroatoms. The topological polar surface area (TPSA) is 92.5 Å². The number of carbonyl (C=O) groups is 1. The minimum atomic E-state index is -3.90. The first-order valence-electron chi connectivity index (χ1n) is 11.1. The number of nitrogens with one attached hydrogen (secondary N) is 1. The summed E-state index contributed by atoms with van der Waals surface area (Å²) in [6.07, 6.45) is 3.71. The molecule has 178 valence electrons. The number of carbonyl (C=O) groups excluding carboxylic acids is 1. The molecule has 3 aromatic rings. The van der Waals surface area contributed by atoms with E-state index in [1.54, 1.807) is 25.1 Å². The van der Waals surface area contributed by atoms with E-state index < -0.39 is 15.8 Å². The van der Waals surface area contributed by atoms with Crippen molar-refractivity contribution in [3.63, 3.8) is 0 Å². The fourth-order valence-corrected chi connectivity index (χ4v) is 5.71. The summed E-state index contributed by atoms with van der Waals surface area (Å²) in [5.41, 5.74) is 1.55. The number of nitrogens with zero attached hydrogens (tertiary/aromatic N) is 2. The molecular weight excluding hydrogens is 457 g/mol. The van der Waals surface area contributed by atoms with Crippen LogP contribution in [0.2, 0.25) is 0 Å². The van der Waals surface area contributed by atoms with Crippen molar-refractivity contribution in [2.24, 2.45) is 5.92 Å². The summed E-state index contributed by atoms with van der Waals surface area (Å²) in [6.45, 7) is 2.43. The monoisotopic (exact) mass is 483 g/mol. The quantitative estimate of drug-likeness (QED) is 0.548. The predicted molar refractivity (Wildman–Crippen MR) is 126 cm³/mol.